The highest BCUT2D eigenvalue weighted by Gasteiger charge is 2.47. The molecule has 0 aromatic heterocycles. The Labute approximate surface area is 167 Å². The molecule has 146 valence electrons. The molecule has 0 heteroatoms. The van der Waals surface area contributed by atoms with Crippen molar-refractivity contribution < 1.29 is 0 Å². The number of hydrogen-bond acceptors (Lipinski definition) is 0. The third kappa shape index (κ3) is 3.77. The van der Waals surface area contributed by atoms with E-state index in [0.29, 0.717) is 0 Å². The fourth-order valence-electron chi connectivity index (χ4n) is 4.40. The van der Waals surface area contributed by atoms with Crippen molar-refractivity contribution in [3.63, 3.8) is 0 Å². The Morgan fingerprint density at radius 1 is 1.11 bits per heavy atom. The van der Waals surface area contributed by atoms with Crippen molar-refractivity contribution in [2.75, 3.05) is 0 Å². The molecule has 0 amide bonds. The minimum atomic E-state index is -0.168. The quantitative estimate of drug-likeness (QED) is 0.428. The number of benzene rings is 1. The molecule has 0 bridgehead atoms. The lowest BCUT2D eigenvalue weighted by atomic mass is 9.64. The molecule has 0 heterocycles. The van der Waals surface area contributed by atoms with E-state index in [2.05, 4.69) is 97.5 Å². The summed E-state index contributed by atoms with van der Waals surface area (Å²) < 4.78 is 0. The smallest absolute Gasteiger partial charge is 0.0627 e. The van der Waals surface area contributed by atoms with Crippen LogP contribution >= 0.6 is 0 Å². The summed E-state index contributed by atoms with van der Waals surface area (Å²) in [5, 5.41) is 0. The van der Waals surface area contributed by atoms with E-state index in [0.717, 1.165) is 12.8 Å². The van der Waals surface area contributed by atoms with Crippen LogP contribution < -0.4 is 0 Å². The van der Waals surface area contributed by atoms with Crippen molar-refractivity contribution in [3.8, 4) is 0 Å². The summed E-state index contributed by atoms with van der Waals surface area (Å²) in [4.78, 5) is 0. The van der Waals surface area contributed by atoms with Crippen LogP contribution in [0.3, 0.4) is 0 Å². The van der Waals surface area contributed by atoms with Gasteiger partial charge >= 0.3 is 0 Å². The summed E-state index contributed by atoms with van der Waals surface area (Å²) in [5.41, 5.74) is 8.29. The number of unbranched alkanes of at least 4 members (excludes halogenated alkanes) is 1. The van der Waals surface area contributed by atoms with Crippen molar-refractivity contribution in [1.29, 1.82) is 0 Å². The SMILES string of the molecule is C=C1C(C)=C(C)C(/C(=C/C)CCCC)(c2ccccc2)/C1=C/C(C)(C)CC. The summed E-state index contributed by atoms with van der Waals surface area (Å²) >= 11 is 0. The zero-order valence-corrected chi connectivity index (χ0v) is 18.6. The highest BCUT2D eigenvalue weighted by Crippen LogP contribution is 2.57. The average molecular weight is 363 g/mol. The summed E-state index contributed by atoms with van der Waals surface area (Å²) in [6.07, 6.45) is 9.56. The van der Waals surface area contributed by atoms with Gasteiger partial charge in [0.05, 0.1) is 5.41 Å². The molecule has 27 heavy (non-hydrogen) atoms. The van der Waals surface area contributed by atoms with Gasteiger partial charge in [-0.1, -0.05) is 94.3 Å². The number of rotatable bonds is 7. The van der Waals surface area contributed by atoms with Gasteiger partial charge in [0.15, 0.2) is 0 Å². The van der Waals surface area contributed by atoms with Crippen LogP contribution in [-0.4, -0.2) is 0 Å². The van der Waals surface area contributed by atoms with Gasteiger partial charge < -0.3 is 0 Å². The molecule has 1 atom stereocenters. The normalized spacial score (nSPS) is 22.9. The zero-order valence-electron chi connectivity index (χ0n) is 18.6. The second-order valence-corrected chi connectivity index (χ2v) is 8.66. The minimum Gasteiger partial charge on any atom is -0.0912 e. The molecular weight excluding hydrogens is 324 g/mol. The molecular formula is C27H38. The first kappa shape index (κ1) is 21.5. The van der Waals surface area contributed by atoms with E-state index in [4.69, 9.17) is 0 Å². The lowest BCUT2D eigenvalue weighted by Crippen LogP contribution is -2.31. The Bertz CT molecular complexity index is 768. The number of hydrogen-bond donors (Lipinski definition) is 0. The first-order chi connectivity index (χ1) is 12.8. The molecule has 0 fully saturated rings. The van der Waals surface area contributed by atoms with Gasteiger partial charge in [-0.05, 0) is 67.7 Å². The van der Waals surface area contributed by atoms with E-state index in [1.165, 1.54) is 46.3 Å². The Morgan fingerprint density at radius 3 is 2.26 bits per heavy atom. The molecule has 1 aliphatic rings. The van der Waals surface area contributed by atoms with Gasteiger partial charge in [-0.2, -0.15) is 0 Å². The van der Waals surface area contributed by atoms with Gasteiger partial charge in [-0.15, -0.1) is 0 Å². The van der Waals surface area contributed by atoms with Crippen LogP contribution in [0.15, 0.2) is 76.9 Å². The van der Waals surface area contributed by atoms with Crippen molar-refractivity contribution in [3.05, 3.63) is 82.5 Å². The Kier molecular flexibility index (Phi) is 6.73. The van der Waals surface area contributed by atoms with Gasteiger partial charge in [0.2, 0.25) is 0 Å². The van der Waals surface area contributed by atoms with E-state index >= 15 is 0 Å². The van der Waals surface area contributed by atoms with Crippen molar-refractivity contribution >= 4 is 0 Å². The highest BCUT2D eigenvalue weighted by molar-refractivity contribution is 5.72. The van der Waals surface area contributed by atoms with E-state index in [1.54, 1.807) is 0 Å². The van der Waals surface area contributed by atoms with E-state index in [9.17, 15) is 0 Å². The second kappa shape index (κ2) is 8.46. The van der Waals surface area contributed by atoms with Crippen LogP contribution in [0.25, 0.3) is 0 Å². The molecule has 1 aromatic rings. The monoisotopic (exact) mass is 362 g/mol. The highest BCUT2D eigenvalue weighted by atomic mass is 14.5. The maximum Gasteiger partial charge on any atom is 0.0627 e. The van der Waals surface area contributed by atoms with E-state index in [1.807, 2.05) is 0 Å². The molecule has 0 saturated carbocycles. The molecule has 0 spiro atoms. The van der Waals surface area contributed by atoms with Crippen LogP contribution in [0.1, 0.15) is 79.7 Å². The second-order valence-electron chi connectivity index (χ2n) is 8.66. The van der Waals surface area contributed by atoms with Gasteiger partial charge in [-0.3, -0.25) is 0 Å². The summed E-state index contributed by atoms with van der Waals surface area (Å²) in [6.45, 7) is 20.6. The molecule has 0 saturated heterocycles. The van der Waals surface area contributed by atoms with Crippen LogP contribution in [0.4, 0.5) is 0 Å². The van der Waals surface area contributed by atoms with Crippen molar-refractivity contribution in [2.24, 2.45) is 5.41 Å². The topological polar surface area (TPSA) is 0 Å². The lowest BCUT2D eigenvalue weighted by Gasteiger charge is -2.39. The zero-order chi connectivity index (χ0) is 20.2. The third-order valence-corrected chi connectivity index (χ3v) is 6.59. The van der Waals surface area contributed by atoms with Crippen LogP contribution in [0.5, 0.6) is 0 Å². The van der Waals surface area contributed by atoms with E-state index < -0.39 is 0 Å². The van der Waals surface area contributed by atoms with Gasteiger partial charge in [0.1, 0.15) is 0 Å². The first-order valence-electron chi connectivity index (χ1n) is 10.6. The Balaban J connectivity index is 2.88. The predicted molar refractivity (Wildman–Crippen MR) is 121 cm³/mol. The molecule has 0 N–H and O–H groups in total. The molecule has 0 radical (unpaired) electrons. The van der Waals surface area contributed by atoms with Gasteiger partial charge in [-0.25, -0.2) is 0 Å². The number of allylic oxidation sites excluding steroid dienone is 7. The molecule has 1 unspecified atom stereocenters. The third-order valence-electron chi connectivity index (χ3n) is 6.59. The maximum atomic E-state index is 4.55. The van der Waals surface area contributed by atoms with Crippen molar-refractivity contribution in [1.82, 2.24) is 0 Å². The minimum absolute atomic E-state index is 0.146. The van der Waals surface area contributed by atoms with Crippen LogP contribution in [-0.2, 0) is 5.41 Å². The summed E-state index contributed by atoms with van der Waals surface area (Å²) in [5.74, 6) is 0. The molecule has 0 nitrogen and oxygen atoms in total. The fraction of sp³-hybridized carbons (Fsp3) is 0.481. The maximum absolute atomic E-state index is 4.55. The standard InChI is InChI=1S/C27H38/c1-9-12-16-23(10-2)27(24-17-14-13-15-18-24)22(6)20(4)21(5)25(27)19-26(7,8)11-3/h10,13-15,17-19H,5,9,11-12,16H2,1-4,6-8H3/b23-10+,25-19+. The summed E-state index contributed by atoms with van der Waals surface area (Å²) in [7, 11) is 0. The van der Waals surface area contributed by atoms with Crippen LogP contribution in [0.2, 0.25) is 0 Å². The van der Waals surface area contributed by atoms with E-state index in [-0.39, 0.29) is 10.8 Å². The molecule has 0 aliphatic heterocycles. The van der Waals surface area contributed by atoms with Crippen LogP contribution in [0, 0.1) is 5.41 Å². The molecule has 1 aromatic carbocycles. The fourth-order valence-corrected chi connectivity index (χ4v) is 4.40. The first-order valence-corrected chi connectivity index (χ1v) is 10.6. The Morgan fingerprint density at radius 2 is 1.74 bits per heavy atom. The lowest BCUT2D eigenvalue weighted by molar-refractivity contribution is 0.454. The van der Waals surface area contributed by atoms with Gasteiger partial charge in [0.25, 0.3) is 0 Å². The predicted octanol–water partition coefficient (Wildman–Crippen LogP) is 8.33. The molecule has 2 rings (SSSR count). The largest absolute Gasteiger partial charge is 0.0912 e. The van der Waals surface area contributed by atoms with Gasteiger partial charge in [0, 0.05) is 0 Å². The van der Waals surface area contributed by atoms with Crippen molar-refractivity contribution in [2.45, 2.75) is 79.6 Å². The summed E-state index contributed by atoms with van der Waals surface area (Å²) in [6, 6.07) is 11.1. The average Bonchev–Trinajstić information content (AvgIpc) is 2.85. The Hall–Kier alpha value is -1.82. The molecule has 1 aliphatic carbocycles.